The number of rotatable bonds is 3. The molecule has 5 rings (SSSR count). The van der Waals surface area contributed by atoms with Crippen molar-refractivity contribution < 1.29 is 14.3 Å². The van der Waals surface area contributed by atoms with Gasteiger partial charge in [0.05, 0.1) is 16.7 Å². The van der Waals surface area contributed by atoms with E-state index in [1.807, 2.05) is 59.2 Å². The molecule has 0 atom stereocenters. The number of amides is 2. The Bertz CT molecular complexity index is 1250. The van der Waals surface area contributed by atoms with Crippen LogP contribution in [-0.4, -0.2) is 28.0 Å². The van der Waals surface area contributed by atoms with Crippen LogP contribution < -0.4 is 15.4 Å². The number of benzene rings is 3. The number of nitrogens with zero attached hydrogens (tertiary/aromatic N) is 2. The van der Waals surface area contributed by atoms with Crippen molar-refractivity contribution in [3.05, 3.63) is 78.4 Å². The highest BCUT2D eigenvalue weighted by molar-refractivity contribution is 6.06. The molecule has 0 spiro atoms. The molecule has 7 nitrogen and oxygen atoms in total. The monoisotopic (exact) mass is 384 g/mol. The van der Waals surface area contributed by atoms with Crippen molar-refractivity contribution in [3.63, 3.8) is 0 Å². The predicted molar refractivity (Wildman–Crippen MR) is 110 cm³/mol. The predicted octanol–water partition coefficient (Wildman–Crippen LogP) is 3.61. The minimum Gasteiger partial charge on any atom is -0.482 e. The lowest BCUT2D eigenvalue weighted by atomic mass is 10.1. The number of fused-ring (bicyclic) bond motifs is 2. The molecule has 1 aromatic heterocycles. The van der Waals surface area contributed by atoms with Crippen molar-refractivity contribution in [2.45, 2.75) is 0 Å². The van der Waals surface area contributed by atoms with E-state index in [9.17, 15) is 9.59 Å². The SMILES string of the molecule is O=C1COc2ccc(C(=O)Nc3nc4ccccc4n3-c3ccccc3)cc2N1. The molecule has 0 radical (unpaired) electrons. The molecule has 3 aromatic carbocycles. The summed E-state index contributed by atoms with van der Waals surface area (Å²) < 4.78 is 7.24. The highest BCUT2D eigenvalue weighted by Gasteiger charge is 2.20. The van der Waals surface area contributed by atoms with Crippen LogP contribution >= 0.6 is 0 Å². The molecule has 4 aromatic rings. The van der Waals surface area contributed by atoms with Gasteiger partial charge >= 0.3 is 0 Å². The second-order valence-electron chi connectivity index (χ2n) is 6.60. The second kappa shape index (κ2) is 6.79. The lowest BCUT2D eigenvalue weighted by Crippen LogP contribution is -2.26. The first kappa shape index (κ1) is 17.0. The maximum Gasteiger partial charge on any atom is 0.262 e. The van der Waals surface area contributed by atoms with Crippen molar-refractivity contribution in [1.29, 1.82) is 0 Å². The molecule has 142 valence electrons. The molecule has 2 amide bonds. The number of imidazole rings is 1. The maximum absolute atomic E-state index is 12.9. The Morgan fingerprint density at radius 1 is 1.03 bits per heavy atom. The summed E-state index contributed by atoms with van der Waals surface area (Å²) in [7, 11) is 0. The highest BCUT2D eigenvalue weighted by Crippen LogP contribution is 2.29. The number of anilines is 2. The van der Waals surface area contributed by atoms with E-state index in [1.165, 1.54) is 0 Å². The number of carbonyl (C=O) groups is 2. The topological polar surface area (TPSA) is 85.2 Å². The largest absolute Gasteiger partial charge is 0.482 e. The van der Waals surface area contributed by atoms with Crippen LogP contribution in [0.1, 0.15) is 10.4 Å². The van der Waals surface area contributed by atoms with Crippen LogP contribution in [0.15, 0.2) is 72.8 Å². The molecule has 1 aliphatic heterocycles. The summed E-state index contributed by atoms with van der Waals surface area (Å²) in [5.41, 5.74) is 3.42. The maximum atomic E-state index is 12.9. The summed E-state index contributed by atoms with van der Waals surface area (Å²) in [6, 6.07) is 22.3. The van der Waals surface area contributed by atoms with E-state index >= 15 is 0 Å². The van der Waals surface area contributed by atoms with E-state index in [4.69, 9.17) is 4.74 Å². The van der Waals surface area contributed by atoms with Crippen LogP contribution in [0.3, 0.4) is 0 Å². The Kier molecular flexibility index (Phi) is 3.98. The summed E-state index contributed by atoms with van der Waals surface area (Å²) in [5.74, 6) is 0.374. The first-order valence-electron chi connectivity index (χ1n) is 9.10. The molecule has 0 fully saturated rings. The van der Waals surface area contributed by atoms with E-state index in [1.54, 1.807) is 18.2 Å². The Balaban J connectivity index is 1.53. The normalized spacial score (nSPS) is 12.8. The number of ether oxygens (including phenoxy) is 1. The fourth-order valence-corrected chi connectivity index (χ4v) is 3.35. The fourth-order valence-electron chi connectivity index (χ4n) is 3.35. The average molecular weight is 384 g/mol. The van der Waals surface area contributed by atoms with Gasteiger partial charge in [-0.05, 0) is 42.5 Å². The molecule has 2 N–H and O–H groups in total. The molecule has 0 saturated carbocycles. The van der Waals surface area contributed by atoms with Crippen LogP contribution in [-0.2, 0) is 4.79 Å². The zero-order valence-electron chi connectivity index (χ0n) is 15.3. The molecule has 29 heavy (non-hydrogen) atoms. The Morgan fingerprint density at radius 3 is 2.69 bits per heavy atom. The van der Waals surface area contributed by atoms with E-state index < -0.39 is 0 Å². The van der Waals surface area contributed by atoms with Gasteiger partial charge in [0.25, 0.3) is 11.8 Å². The van der Waals surface area contributed by atoms with E-state index in [-0.39, 0.29) is 18.4 Å². The van der Waals surface area contributed by atoms with Gasteiger partial charge in [0.1, 0.15) is 5.75 Å². The number of nitrogens with one attached hydrogen (secondary N) is 2. The van der Waals surface area contributed by atoms with Crippen LogP contribution in [0.5, 0.6) is 5.75 Å². The number of hydrogen-bond acceptors (Lipinski definition) is 4. The third-order valence-corrected chi connectivity index (χ3v) is 4.68. The van der Waals surface area contributed by atoms with Gasteiger partial charge in [0, 0.05) is 11.3 Å². The summed E-state index contributed by atoms with van der Waals surface area (Å²) in [6.45, 7) is -0.0281. The van der Waals surface area contributed by atoms with E-state index in [0.717, 1.165) is 16.7 Å². The molecule has 0 unspecified atom stereocenters. The molecule has 0 aliphatic carbocycles. The third-order valence-electron chi connectivity index (χ3n) is 4.68. The molecule has 0 bridgehead atoms. The summed E-state index contributed by atoms with van der Waals surface area (Å²) in [5, 5.41) is 5.61. The zero-order valence-corrected chi connectivity index (χ0v) is 15.3. The van der Waals surface area contributed by atoms with Crippen molar-refractivity contribution in [2.75, 3.05) is 17.2 Å². The van der Waals surface area contributed by atoms with Gasteiger partial charge in [0.2, 0.25) is 5.95 Å². The lowest BCUT2D eigenvalue weighted by molar-refractivity contribution is -0.118. The fraction of sp³-hybridized carbons (Fsp3) is 0.0455. The van der Waals surface area contributed by atoms with Gasteiger partial charge in [0.15, 0.2) is 6.61 Å². The molecular weight excluding hydrogens is 368 g/mol. The smallest absolute Gasteiger partial charge is 0.262 e. The van der Waals surface area contributed by atoms with Crippen LogP contribution in [0, 0.1) is 0 Å². The average Bonchev–Trinajstić information content (AvgIpc) is 3.11. The minimum atomic E-state index is -0.333. The summed E-state index contributed by atoms with van der Waals surface area (Å²) in [6.07, 6.45) is 0. The molecule has 7 heteroatoms. The zero-order chi connectivity index (χ0) is 19.8. The van der Waals surface area contributed by atoms with Gasteiger partial charge < -0.3 is 10.1 Å². The molecule has 0 saturated heterocycles. The Labute approximate surface area is 165 Å². The van der Waals surface area contributed by atoms with Crippen molar-refractivity contribution in [2.24, 2.45) is 0 Å². The minimum absolute atomic E-state index is 0.0281. The quantitative estimate of drug-likeness (QED) is 0.565. The van der Waals surface area contributed by atoms with E-state index in [2.05, 4.69) is 15.6 Å². The highest BCUT2D eigenvalue weighted by atomic mass is 16.5. The third kappa shape index (κ3) is 3.08. The van der Waals surface area contributed by atoms with Crippen molar-refractivity contribution in [3.8, 4) is 11.4 Å². The van der Waals surface area contributed by atoms with Crippen molar-refractivity contribution >= 4 is 34.5 Å². The molecular formula is C22H16N4O3. The number of aromatic nitrogens is 2. The molecule has 2 heterocycles. The van der Waals surface area contributed by atoms with Gasteiger partial charge in [-0.2, -0.15) is 0 Å². The number of carbonyl (C=O) groups excluding carboxylic acids is 2. The Hall–Kier alpha value is -4.13. The summed E-state index contributed by atoms with van der Waals surface area (Å²) >= 11 is 0. The van der Waals surface area contributed by atoms with Gasteiger partial charge in [-0.25, -0.2) is 4.98 Å². The van der Waals surface area contributed by atoms with E-state index in [0.29, 0.717) is 22.9 Å². The lowest BCUT2D eigenvalue weighted by Gasteiger charge is -2.18. The second-order valence-corrected chi connectivity index (χ2v) is 6.60. The first-order valence-corrected chi connectivity index (χ1v) is 9.10. The van der Waals surface area contributed by atoms with Gasteiger partial charge in [-0.1, -0.05) is 30.3 Å². The number of hydrogen-bond donors (Lipinski definition) is 2. The van der Waals surface area contributed by atoms with Crippen LogP contribution in [0.2, 0.25) is 0 Å². The van der Waals surface area contributed by atoms with Crippen molar-refractivity contribution in [1.82, 2.24) is 9.55 Å². The van der Waals surface area contributed by atoms with Gasteiger partial charge in [-0.3, -0.25) is 19.5 Å². The molecule has 1 aliphatic rings. The van der Waals surface area contributed by atoms with Crippen LogP contribution in [0.4, 0.5) is 11.6 Å². The summed E-state index contributed by atoms with van der Waals surface area (Å²) in [4.78, 5) is 29.1. The first-order chi connectivity index (χ1) is 14.2. The Morgan fingerprint density at radius 2 is 1.83 bits per heavy atom. The number of para-hydroxylation sites is 3. The standard InChI is InChI=1S/C22H16N4O3/c27-20-13-29-19-11-10-14(12-17(19)23-20)21(28)25-22-24-16-8-4-5-9-18(16)26(22)15-6-2-1-3-7-15/h1-12H,13H2,(H,23,27)(H,24,25,28). The van der Waals surface area contributed by atoms with Gasteiger partial charge in [-0.15, -0.1) is 0 Å². The van der Waals surface area contributed by atoms with Crippen LogP contribution in [0.25, 0.3) is 16.7 Å².